The molecule has 1 atom stereocenters. The second-order valence-corrected chi connectivity index (χ2v) is 6.02. The Kier molecular flexibility index (Phi) is 5.28. The predicted octanol–water partition coefficient (Wildman–Crippen LogP) is 2.45. The molecule has 0 unspecified atom stereocenters. The predicted molar refractivity (Wildman–Crippen MR) is 93.7 cm³/mol. The van der Waals surface area contributed by atoms with Gasteiger partial charge in [-0.05, 0) is 48.7 Å². The van der Waals surface area contributed by atoms with E-state index in [0.717, 1.165) is 17.7 Å². The van der Waals surface area contributed by atoms with Gasteiger partial charge in [0.05, 0.1) is 0 Å². The van der Waals surface area contributed by atoms with Crippen LogP contribution in [0.4, 0.5) is 10.1 Å². The van der Waals surface area contributed by atoms with Crippen molar-refractivity contribution in [2.45, 2.75) is 25.4 Å². The number of amides is 2. The van der Waals surface area contributed by atoms with Crippen LogP contribution in [0.3, 0.4) is 0 Å². The maximum Gasteiger partial charge on any atom is 0.252 e. The van der Waals surface area contributed by atoms with Crippen LogP contribution in [-0.4, -0.2) is 24.4 Å². The number of hydrogen-bond donors (Lipinski definition) is 3. The van der Waals surface area contributed by atoms with E-state index in [0.29, 0.717) is 25.1 Å². The summed E-state index contributed by atoms with van der Waals surface area (Å²) in [6.45, 7) is 1.18. The number of rotatable bonds is 5. The molecule has 0 aromatic heterocycles. The first kappa shape index (κ1) is 17.0. The number of anilines is 1. The fraction of sp³-hybridized carbons (Fsp3) is 0.263. The zero-order valence-corrected chi connectivity index (χ0v) is 13.7. The van der Waals surface area contributed by atoms with Crippen LogP contribution in [0.15, 0.2) is 48.5 Å². The summed E-state index contributed by atoms with van der Waals surface area (Å²) in [6, 6.07) is 12.8. The summed E-state index contributed by atoms with van der Waals surface area (Å²) in [5.74, 6) is -0.674. The third kappa shape index (κ3) is 4.56. The normalized spacial score (nSPS) is 16.8. The topological polar surface area (TPSA) is 70.2 Å². The minimum Gasteiger partial charge on any atom is -0.381 e. The monoisotopic (exact) mass is 341 g/mol. The molecule has 2 aromatic rings. The highest BCUT2D eigenvalue weighted by atomic mass is 19.1. The number of nitrogens with one attached hydrogen (secondary N) is 3. The average molecular weight is 341 g/mol. The van der Waals surface area contributed by atoms with E-state index >= 15 is 0 Å². The molecule has 0 bridgehead atoms. The molecule has 0 radical (unpaired) electrons. The molecule has 2 aromatic carbocycles. The van der Waals surface area contributed by atoms with Gasteiger partial charge in [-0.15, -0.1) is 0 Å². The molecule has 3 rings (SSSR count). The minimum absolute atomic E-state index is 0.134. The van der Waals surface area contributed by atoms with Crippen LogP contribution < -0.4 is 16.0 Å². The Labute approximate surface area is 145 Å². The lowest BCUT2D eigenvalue weighted by Crippen LogP contribution is -2.50. The van der Waals surface area contributed by atoms with E-state index in [1.807, 2.05) is 6.07 Å². The summed E-state index contributed by atoms with van der Waals surface area (Å²) in [6.07, 6.45) is 1.51. The molecular weight excluding hydrogens is 321 g/mol. The van der Waals surface area contributed by atoms with Gasteiger partial charge in [0, 0.05) is 24.3 Å². The molecule has 1 fully saturated rings. The third-order valence-electron chi connectivity index (χ3n) is 4.13. The van der Waals surface area contributed by atoms with Crippen molar-refractivity contribution in [1.29, 1.82) is 0 Å². The van der Waals surface area contributed by atoms with Crippen LogP contribution in [0.5, 0.6) is 0 Å². The van der Waals surface area contributed by atoms with Crippen LogP contribution in [0.1, 0.15) is 28.8 Å². The van der Waals surface area contributed by atoms with E-state index in [2.05, 4.69) is 16.0 Å². The minimum atomic E-state index is -0.475. The van der Waals surface area contributed by atoms with Crippen LogP contribution in [0, 0.1) is 5.82 Å². The van der Waals surface area contributed by atoms with Gasteiger partial charge in [-0.3, -0.25) is 9.59 Å². The number of halogens is 1. The van der Waals surface area contributed by atoms with Gasteiger partial charge in [0.15, 0.2) is 0 Å². The summed E-state index contributed by atoms with van der Waals surface area (Å²) in [5.41, 5.74) is 2.21. The van der Waals surface area contributed by atoms with Crippen molar-refractivity contribution >= 4 is 17.5 Å². The zero-order valence-electron chi connectivity index (χ0n) is 13.7. The molecule has 1 aliphatic heterocycles. The average Bonchev–Trinajstić information content (AvgIpc) is 2.63. The van der Waals surface area contributed by atoms with Gasteiger partial charge in [-0.25, -0.2) is 4.39 Å². The number of hydrogen-bond acceptors (Lipinski definition) is 3. The Hall–Kier alpha value is -2.89. The lowest BCUT2D eigenvalue weighted by Gasteiger charge is -2.22. The molecule has 5 nitrogen and oxygen atoms in total. The van der Waals surface area contributed by atoms with Gasteiger partial charge < -0.3 is 16.0 Å². The molecule has 2 amide bonds. The van der Waals surface area contributed by atoms with Crippen molar-refractivity contribution in [1.82, 2.24) is 10.6 Å². The van der Waals surface area contributed by atoms with E-state index in [4.69, 9.17) is 0 Å². The lowest BCUT2D eigenvalue weighted by atomic mass is 10.1. The molecule has 1 aliphatic rings. The first-order valence-electron chi connectivity index (χ1n) is 8.29. The second kappa shape index (κ2) is 7.79. The lowest BCUT2D eigenvalue weighted by molar-refractivity contribution is -0.124. The SMILES string of the molecule is O=C(N[C@@H]1CCCNC1=O)c1cccc(NCc2ccc(F)cc2)c1. The first-order chi connectivity index (χ1) is 12.1. The molecule has 25 heavy (non-hydrogen) atoms. The van der Waals surface area contributed by atoms with Crippen molar-refractivity contribution in [2.24, 2.45) is 0 Å². The fourth-order valence-electron chi connectivity index (χ4n) is 2.73. The standard InChI is InChI=1S/C19H20FN3O2/c20-15-8-6-13(7-9-15)12-22-16-4-1-3-14(11-16)18(24)23-17-5-2-10-21-19(17)25/h1,3-4,6-9,11,17,22H,2,5,10,12H2,(H,21,25)(H,23,24)/t17-/m1/s1. The van der Waals surface area contributed by atoms with Crippen molar-refractivity contribution in [2.75, 3.05) is 11.9 Å². The Morgan fingerprint density at radius 1 is 1.20 bits per heavy atom. The number of benzene rings is 2. The first-order valence-corrected chi connectivity index (χ1v) is 8.29. The van der Waals surface area contributed by atoms with E-state index in [1.54, 1.807) is 30.3 Å². The van der Waals surface area contributed by atoms with E-state index in [-0.39, 0.29) is 17.6 Å². The highest BCUT2D eigenvalue weighted by Gasteiger charge is 2.23. The summed E-state index contributed by atoms with van der Waals surface area (Å²) >= 11 is 0. The van der Waals surface area contributed by atoms with Crippen LogP contribution >= 0.6 is 0 Å². The van der Waals surface area contributed by atoms with Crippen LogP contribution in [0.2, 0.25) is 0 Å². The Morgan fingerprint density at radius 3 is 2.76 bits per heavy atom. The summed E-state index contributed by atoms with van der Waals surface area (Å²) < 4.78 is 12.9. The molecule has 1 saturated heterocycles. The smallest absolute Gasteiger partial charge is 0.252 e. The number of carbonyl (C=O) groups excluding carboxylic acids is 2. The van der Waals surface area contributed by atoms with E-state index < -0.39 is 6.04 Å². The highest BCUT2D eigenvalue weighted by molar-refractivity contribution is 5.98. The molecule has 130 valence electrons. The zero-order chi connectivity index (χ0) is 17.6. The fourth-order valence-corrected chi connectivity index (χ4v) is 2.73. The number of piperidine rings is 1. The highest BCUT2D eigenvalue weighted by Crippen LogP contribution is 2.14. The van der Waals surface area contributed by atoms with Gasteiger partial charge in [0.2, 0.25) is 5.91 Å². The number of carbonyl (C=O) groups is 2. The van der Waals surface area contributed by atoms with Crippen LogP contribution in [-0.2, 0) is 11.3 Å². The Bertz CT molecular complexity index is 762. The largest absolute Gasteiger partial charge is 0.381 e. The molecule has 6 heteroatoms. The van der Waals surface area contributed by atoms with E-state index in [1.165, 1.54) is 12.1 Å². The van der Waals surface area contributed by atoms with Crippen molar-refractivity contribution in [3.63, 3.8) is 0 Å². The maximum absolute atomic E-state index is 12.9. The maximum atomic E-state index is 12.9. The van der Waals surface area contributed by atoms with Crippen molar-refractivity contribution < 1.29 is 14.0 Å². The Morgan fingerprint density at radius 2 is 2.00 bits per heavy atom. The summed E-state index contributed by atoms with van der Waals surface area (Å²) in [7, 11) is 0. The van der Waals surface area contributed by atoms with Crippen molar-refractivity contribution in [3.05, 3.63) is 65.5 Å². The van der Waals surface area contributed by atoms with Gasteiger partial charge in [0.25, 0.3) is 5.91 Å². The molecule has 0 aliphatic carbocycles. The third-order valence-corrected chi connectivity index (χ3v) is 4.13. The van der Waals surface area contributed by atoms with Crippen LogP contribution in [0.25, 0.3) is 0 Å². The molecular formula is C19H20FN3O2. The summed E-state index contributed by atoms with van der Waals surface area (Å²) in [5, 5.41) is 8.73. The van der Waals surface area contributed by atoms with Gasteiger partial charge >= 0.3 is 0 Å². The molecule has 3 N–H and O–H groups in total. The molecule has 1 heterocycles. The van der Waals surface area contributed by atoms with Gasteiger partial charge in [0.1, 0.15) is 11.9 Å². The van der Waals surface area contributed by atoms with E-state index in [9.17, 15) is 14.0 Å². The Balaban J connectivity index is 1.61. The van der Waals surface area contributed by atoms with Crippen molar-refractivity contribution in [3.8, 4) is 0 Å². The second-order valence-electron chi connectivity index (χ2n) is 6.02. The summed E-state index contributed by atoms with van der Waals surface area (Å²) in [4.78, 5) is 24.1. The molecule has 0 saturated carbocycles. The molecule has 0 spiro atoms. The van der Waals surface area contributed by atoms with Gasteiger partial charge in [-0.2, -0.15) is 0 Å². The quantitative estimate of drug-likeness (QED) is 0.782. The van der Waals surface area contributed by atoms with Gasteiger partial charge in [-0.1, -0.05) is 18.2 Å².